The van der Waals surface area contributed by atoms with Gasteiger partial charge in [-0.15, -0.1) is 25.6 Å². The van der Waals surface area contributed by atoms with Gasteiger partial charge in [-0.2, -0.15) is 13.2 Å². The molecule has 14 heavy (non-hydrogen) atoms. The van der Waals surface area contributed by atoms with E-state index in [4.69, 9.17) is 0 Å². The number of halogens is 7. The van der Waals surface area contributed by atoms with Gasteiger partial charge in [0.2, 0.25) is 0 Å². The normalized spacial score (nSPS) is 12.4. The van der Waals surface area contributed by atoms with Crippen LogP contribution < -0.4 is 5.32 Å². The molecule has 0 spiro atoms. The van der Waals surface area contributed by atoms with E-state index in [0.717, 1.165) is 0 Å². The SMILES string of the molecule is Cl.FC(F)(F)CNCCOC(F)(F)F. The fourth-order valence-corrected chi connectivity index (χ4v) is 0.469. The fourth-order valence-electron chi connectivity index (χ4n) is 0.469. The molecule has 0 aliphatic carbocycles. The fraction of sp³-hybridized carbons (Fsp3) is 1.00. The summed E-state index contributed by atoms with van der Waals surface area (Å²) in [5.41, 5.74) is 0. The molecule has 9 heteroatoms. The highest BCUT2D eigenvalue weighted by atomic mass is 35.5. The van der Waals surface area contributed by atoms with E-state index in [2.05, 4.69) is 4.74 Å². The lowest BCUT2D eigenvalue weighted by atomic mass is 10.6. The van der Waals surface area contributed by atoms with Crippen molar-refractivity contribution in [3.8, 4) is 0 Å². The first-order valence-electron chi connectivity index (χ1n) is 3.19. The lowest BCUT2D eigenvalue weighted by molar-refractivity contribution is -0.323. The van der Waals surface area contributed by atoms with E-state index in [-0.39, 0.29) is 12.4 Å². The van der Waals surface area contributed by atoms with Crippen LogP contribution in [0.2, 0.25) is 0 Å². The highest BCUT2D eigenvalue weighted by molar-refractivity contribution is 5.85. The predicted molar refractivity (Wildman–Crippen MR) is 38.2 cm³/mol. The molecule has 0 heterocycles. The van der Waals surface area contributed by atoms with Crippen LogP contribution in [-0.4, -0.2) is 32.2 Å². The van der Waals surface area contributed by atoms with Crippen LogP contribution in [0.3, 0.4) is 0 Å². The van der Waals surface area contributed by atoms with Gasteiger partial charge in [0.25, 0.3) is 0 Å². The molecule has 0 aromatic heterocycles. The second-order valence-electron chi connectivity index (χ2n) is 2.09. The lowest BCUT2D eigenvalue weighted by Gasteiger charge is -2.09. The Hall–Kier alpha value is -0.210. The third-order valence-corrected chi connectivity index (χ3v) is 0.870. The molecule has 0 fully saturated rings. The number of hydrogen-bond acceptors (Lipinski definition) is 2. The minimum atomic E-state index is -4.79. The summed E-state index contributed by atoms with van der Waals surface area (Å²) >= 11 is 0. The van der Waals surface area contributed by atoms with E-state index >= 15 is 0 Å². The van der Waals surface area contributed by atoms with Crippen LogP contribution in [-0.2, 0) is 4.74 Å². The van der Waals surface area contributed by atoms with Gasteiger partial charge >= 0.3 is 12.5 Å². The molecule has 0 aliphatic heterocycles. The van der Waals surface area contributed by atoms with Crippen LogP contribution in [0, 0.1) is 0 Å². The average Bonchev–Trinajstić information content (AvgIpc) is 1.81. The quantitative estimate of drug-likeness (QED) is 0.607. The Labute approximate surface area is 82.0 Å². The third kappa shape index (κ3) is 14.3. The summed E-state index contributed by atoms with van der Waals surface area (Å²) < 4.78 is 71.1. The smallest absolute Gasteiger partial charge is 0.306 e. The van der Waals surface area contributed by atoms with Gasteiger partial charge in [0.15, 0.2) is 0 Å². The average molecular weight is 248 g/mol. The summed E-state index contributed by atoms with van der Waals surface area (Å²) in [5.74, 6) is 0. The Kier molecular flexibility index (Phi) is 7.31. The number of alkyl halides is 6. The molecule has 2 nitrogen and oxygen atoms in total. The van der Waals surface area contributed by atoms with Crippen molar-refractivity contribution in [1.29, 1.82) is 0 Å². The van der Waals surface area contributed by atoms with Crippen molar-refractivity contribution in [3.05, 3.63) is 0 Å². The van der Waals surface area contributed by atoms with Crippen LogP contribution in [0.5, 0.6) is 0 Å². The molecule has 0 atom stereocenters. The molecule has 0 saturated heterocycles. The minimum absolute atomic E-state index is 0. The number of hydrogen-bond donors (Lipinski definition) is 1. The highest BCUT2D eigenvalue weighted by Gasteiger charge is 2.29. The first-order valence-corrected chi connectivity index (χ1v) is 3.19. The molecule has 0 rings (SSSR count). The largest absolute Gasteiger partial charge is 0.522 e. The number of rotatable bonds is 4. The van der Waals surface area contributed by atoms with Crippen molar-refractivity contribution in [2.45, 2.75) is 12.5 Å². The predicted octanol–water partition coefficient (Wildman–Crippen LogP) is 2.10. The van der Waals surface area contributed by atoms with E-state index in [0.29, 0.717) is 0 Å². The van der Waals surface area contributed by atoms with Crippen molar-refractivity contribution in [3.63, 3.8) is 0 Å². The zero-order valence-corrected chi connectivity index (χ0v) is 7.52. The van der Waals surface area contributed by atoms with Gasteiger partial charge in [-0.25, -0.2) is 0 Å². The standard InChI is InChI=1S/C5H7F6NO.ClH/c6-4(7,8)3-12-1-2-13-5(9,10)11;/h12H,1-3H2;1H. The van der Waals surface area contributed by atoms with Gasteiger partial charge in [-0.3, -0.25) is 4.74 Å². The van der Waals surface area contributed by atoms with Crippen LogP contribution in [0.1, 0.15) is 0 Å². The maximum absolute atomic E-state index is 11.4. The van der Waals surface area contributed by atoms with Crippen molar-refractivity contribution in [2.75, 3.05) is 19.7 Å². The summed E-state index contributed by atoms with van der Waals surface area (Å²) in [6.45, 7) is -2.66. The van der Waals surface area contributed by atoms with E-state index in [1.807, 2.05) is 0 Å². The molecular formula is C5H8ClF6NO. The second-order valence-corrected chi connectivity index (χ2v) is 2.09. The molecule has 0 bridgehead atoms. The molecule has 0 aliphatic rings. The minimum Gasteiger partial charge on any atom is -0.306 e. The van der Waals surface area contributed by atoms with E-state index in [1.54, 1.807) is 5.32 Å². The Bertz CT molecular complexity index is 130. The molecule has 0 aromatic carbocycles. The third-order valence-electron chi connectivity index (χ3n) is 0.870. The van der Waals surface area contributed by atoms with E-state index in [9.17, 15) is 26.3 Å². The van der Waals surface area contributed by atoms with Gasteiger partial charge in [0, 0.05) is 6.54 Å². The van der Waals surface area contributed by atoms with Crippen molar-refractivity contribution < 1.29 is 31.1 Å². The summed E-state index contributed by atoms with van der Waals surface area (Å²) in [6.07, 6.45) is -9.21. The van der Waals surface area contributed by atoms with Gasteiger partial charge in [-0.05, 0) is 0 Å². The molecule has 0 amide bonds. The summed E-state index contributed by atoms with van der Waals surface area (Å²) in [6, 6.07) is 0. The zero-order valence-electron chi connectivity index (χ0n) is 6.71. The number of ether oxygens (including phenoxy) is 1. The van der Waals surface area contributed by atoms with Crippen LogP contribution in [0.25, 0.3) is 0 Å². The van der Waals surface area contributed by atoms with Crippen LogP contribution in [0.15, 0.2) is 0 Å². The first-order chi connectivity index (χ1) is 5.71. The molecule has 0 radical (unpaired) electrons. The Morgan fingerprint density at radius 3 is 1.86 bits per heavy atom. The van der Waals surface area contributed by atoms with Crippen LogP contribution in [0.4, 0.5) is 26.3 Å². The molecule has 0 unspecified atom stereocenters. The molecule has 0 aromatic rings. The Morgan fingerprint density at radius 2 is 1.50 bits per heavy atom. The maximum Gasteiger partial charge on any atom is 0.522 e. The summed E-state index contributed by atoms with van der Waals surface area (Å²) in [5, 5.41) is 1.75. The molecule has 1 N–H and O–H groups in total. The Morgan fingerprint density at radius 1 is 1.00 bits per heavy atom. The monoisotopic (exact) mass is 247 g/mol. The van der Waals surface area contributed by atoms with Crippen molar-refractivity contribution in [2.24, 2.45) is 0 Å². The van der Waals surface area contributed by atoms with Gasteiger partial charge in [0.05, 0.1) is 13.2 Å². The first kappa shape index (κ1) is 16.2. The van der Waals surface area contributed by atoms with E-state index in [1.165, 1.54) is 0 Å². The van der Waals surface area contributed by atoms with Crippen molar-refractivity contribution in [1.82, 2.24) is 5.32 Å². The lowest BCUT2D eigenvalue weighted by Crippen LogP contribution is -2.32. The van der Waals surface area contributed by atoms with Gasteiger partial charge in [0.1, 0.15) is 0 Å². The Balaban J connectivity index is 0. The topological polar surface area (TPSA) is 21.3 Å². The van der Waals surface area contributed by atoms with Crippen LogP contribution >= 0.6 is 12.4 Å². The zero-order chi connectivity index (χ0) is 10.5. The maximum atomic E-state index is 11.4. The summed E-state index contributed by atoms with van der Waals surface area (Å²) in [7, 11) is 0. The molecule has 88 valence electrons. The number of nitrogens with one attached hydrogen (secondary N) is 1. The summed E-state index contributed by atoms with van der Waals surface area (Å²) in [4.78, 5) is 0. The van der Waals surface area contributed by atoms with Gasteiger partial charge < -0.3 is 5.32 Å². The van der Waals surface area contributed by atoms with E-state index < -0.39 is 32.2 Å². The van der Waals surface area contributed by atoms with Crippen molar-refractivity contribution >= 4 is 12.4 Å². The highest BCUT2D eigenvalue weighted by Crippen LogP contribution is 2.15. The molecular weight excluding hydrogens is 240 g/mol. The van der Waals surface area contributed by atoms with Gasteiger partial charge in [-0.1, -0.05) is 0 Å². The second kappa shape index (κ2) is 6.31. The molecule has 0 saturated carbocycles.